The lowest BCUT2D eigenvalue weighted by Gasteiger charge is -2.41. The number of aromatic nitrogens is 2. The Morgan fingerprint density at radius 3 is 2.81 bits per heavy atom. The van der Waals surface area contributed by atoms with Gasteiger partial charge in [-0.3, -0.25) is 4.99 Å². The molecule has 2 aromatic rings. The summed E-state index contributed by atoms with van der Waals surface area (Å²) in [5.41, 5.74) is 2.84. The first-order chi connectivity index (χ1) is 15.1. The number of hydrogen-bond donors (Lipinski definition) is 1. The molecule has 2 aliphatic rings. The summed E-state index contributed by atoms with van der Waals surface area (Å²) in [5.74, 6) is 1.67. The van der Waals surface area contributed by atoms with E-state index in [0.29, 0.717) is 12.0 Å². The number of imidazole rings is 1. The number of nitrogens with one attached hydrogen (secondary N) is 1. The molecule has 0 saturated carbocycles. The maximum atomic E-state index is 5.74. The monoisotopic (exact) mass is 423 g/mol. The highest BCUT2D eigenvalue weighted by atomic mass is 16.5. The Morgan fingerprint density at radius 1 is 1.29 bits per heavy atom. The zero-order chi connectivity index (χ0) is 21.7. The standard InChI is InChI=1S/C25H37N5O/c1-4-27-24(29-13-9-21(3)23(17-29)30-14-12-26-19-30)28-18-25(10-15-31-16-11-25)22-8-6-5-7-20(22)2/h5-8,12,14,19,21,23H,4,9-11,13,15-18H2,1-3H3,(H,27,28). The van der Waals surface area contributed by atoms with Crippen LogP contribution in [0, 0.1) is 12.8 Å². The summed E-state index contributed by atoms with van der Waals surface area (Å²) in [6.45, 7) is 12.0. The van der Waals surface area contributed by atoms with Gasteiger partial charge in [0, 0.05) is 50.7 Å². The van der Waals surface area contributed by atoms with E-state index in [1.54, 1.807) is 0 Å². The first kappa shape index (κ1) is 21.9. The Hall–Kier alpha value is -2.34. The molecule has 168 valence electrons. The molecular formula is C25H37N5O. The third-order valence-electron chi connectivity index (χ3n) is 7.16. The molecule has 2 unspecified atom stereocenters. The van der Waals surface area contributed by atoms with E-state index in [9.17, 15) is 0 Å². The third-order valence-corrected chi connectivity index (χ3v) is 7.16. The maximum absolute atomic E-state index is 5.74. The van der Waals surface area contributed by atoms with Gasteiger partial charge in [0.25, 0.3) is 0 Å². The van der Waals surface area contributed by atoms with E-state index in [-0.39, 0.29) is 5.41 Å². The Kier molecular flexibility index (Phi) is 6.96. The highest BCUT2D eigenvalue weighted by Gasteiger charge is 2.36. The zero-order valence-electron chi connectivity index (χ0n) is 19.3. The van der Waals surface area contributed by atoms with Crippen LogP contribution < -0.4 is 5.32 Å². The largest absolute Gasteiger partial charge is 0.381 e. The van der Waals surface area contributed by atoms with Crippen LogP contribution in [0.4, 0.5) is 0 Å². The Bertz CT molecular complexity index is 857. The molecule has 0 radical (unpaired) electrons. The molecule has 4 rings (SSSR count). The van der Waals surface area contributed by atoms with Gasteiger partial charge in [0.05, 0.1) is 18.9 Å². The topological polar surface area (TPSA) is 54.7 Å². The summed E-state index contributed by atoms with van der Waals surface area (Å²) < 4.78 is 8.00. The van der Waals surface area contributed by atoms with Gasteiger partial charge in [-0.1, -0.05) is 31.2 Å². The molecule has 0 aliphatic carbocycles. The van der Waals surface area contributed by atoms with Crippen LogP contribution in [0.2, 0.25) is 0 Å². The van der Waals surface area contributed by atoms with Gasteiger partial charge in [0.2, 0.25) is 0 Å². The second kappa shape index (κ2) is 9.86. The van der Waals surface area contributed by atoms with E-state index < -0.39 is 0 Å². The fraction of sp³-hybridized carbons (Fsp3) is 0.600. The SMILES string of the molecule is CCNC(=NCC1(c2ccccc2C)CCOCC1)N1CCC(C)C(n2ccnc2)C1. The molecule has 1 N–H and O–H groups in total. The molecular weight excluding hydrogens is 386 g/mol. The van der Waals surface area contributed by atoms with E-state index in [4.69, 9.17) is 9.73 Å². The molecule has 0 bridgehead atoms. The van der Waals surface area contributed by atoms with Gasteiger partial charge in [-0.25, -0.2) is 4.98 Å². The van der Waals surface area contributed by atoms with Crippen molar-refractivity contribution in [3.05, 3.63) is 54.1 Å². The maximum Gasteiger partial charge on any atom is 0.194 e. The van der Waals surface area contributed by atoms with Gasteiger partial charge in [-0.2, -0.15) is 0 Å². The molecule has 6 heteroatoms. The molecule has 3 heterocycles. The first-order valence-electron chi connectivity index (χ1n) is 11.8. The predicted molar refractivity (Wildman–Crippen MR) is 126 cm³/mol. The first-order valence-corrected chi connectivity index (χ1v) is 11.8. The molecule has 2 fully saturated rings. The number of likely N-dealkylation sites (tertiary alicyclic amines) is 1. The van der Waals surface area contributed by atoms with Crippen molar-refractivity contribution in [3.63, 3.8) is 0 Å². The molecule has 2 atom stereocenters. The number of hydrogen-bond acceptors (Lipinski definition) is 3. The number of nitrogens with zero attached hydrogens (tertiary/aromatic N) is 4. The predicted octanol–water partition coefficient (Wildman–Crippen LogP) is 3.79. The second-order valence-electron chi connectivity index (χ2n) is 9.17. The summed E-state index contributed by atoms with van der Waals surface area (Å²) in [7, 11) is 0. The zero-order valence-corrected chi connectivity index (χ0v) is 19.3. The van der Waals surface area contributed by atoms with Gasteiger partial charge in [0.1, 0.15) is 0 Å². The van der Waals surface area contributed by atoms with E-state index in [1.165, 1.54) is 11.1 Å². The number of aryl methyl sites for hydroxylation is 1. The molecule has 0 amide bonds. The quantitative estimate of drug-likeness (QED) is 0.587. The number of rotatable bonds is 5. The van der Waals surface area contributed by atoms with Crippen molar-refractivity contribution in [1.82, 2.24) is 19.8 Å². The number of aliphatic imine (C=N–C) groups is 1. The molecule has 0 spiro atoms. The Morgan fingerprint density at radius 2 is 2.10 bits per heavy atom. The van der Waals surface area contributed by atoms with Crippen molar-refractivity contribution in [2.75, 3.05) is 39.4 Å². The highest BCUT2D eigenvalue weighted by Crippen LogP contribution is 2.37. The van der Waals surface area contributed by atoms with E-state index >= 15 is 0 Å². The summed E-state index contributed by atoms with van der Waals surface area (Å²) in [6, 6.07) is 9.23. The fourth-order valence-corrected chi connectivity index (χ4v) is 5.19. The second-order valence-corrected chi connectivity index (χ2v) is 9.17. The molecule has 1 aromatic heterocycles. The van der Waals surface area contributed by atoms with Crippen molar-refractivity contribution < 1.29 is 4.74 Å². The van der Waals surface area contributed by atoms with Gasteiger partial charge in [0.15, 0.2) is 5.96 Å². The van der Waals surface area contributed by atoms with Crippen LogP contribution in [0.25, 0.3) is 0 Å². The summed E-state index contributed by atoms with van der Waals surface area (Å²) in [5, 5.41) is 3.58. The number of guanidine groups is 1. The van der Waals surface area contributed by atoms with E-state index in [2.05, 4.69) is 71.0 Å². The minimum Gasteiger partial charge on any atom is -0.381 e. The molecule has 2 saturated heterocycles. The molecule has 31 heavy (non-hydrogen) atoms. The number of ether oxygens (including phenoxy) is 1. The van der Waals surface area contributed by atoms with Crippen LogP contribution in [-0.2, 0) is 10.2 Å². The summed E-state index contributed by atoms with van der Waals surface area (Å²) in [4.78, 5) is 12.0. The van der Waals surface area contributed by atoms with Crippen LogP contribution >= 0.6 is 0 Å². The lowest BCUT2D eigenvalue weighted by Crippen LogP contribution is -2.49. The minimum atomic E-state index is 0.0527. The van der Waals surface area contributed by atoms with Crippen LogP contribution in [0.3, 0.4) is 0 Å². The van der Waals surface area contributed by atoms with Crippen molar-refractivity contribution in [3.8, 4) is 0 Å². The normalized spacial score (nSPS) is 24.2. The van der Waals surface area contributed by atoms with E-state index in [1.807, 2.05) is 12.5 Å². The molecule has 2 aliphatic heterocycles. The average molecular weight is 424 g/mol. The van der Waals surface area contributed by atoms with Crippen LogP contribution in [-0.4, -0.2) is 59.8 Å². The van der Waals surface area contributed by atoms with Crippen molar-refractivity contribution >= 4 is 5.96 Å². The van der Waals surface area contributed by atoms with Crippen LogP contribution in [0.5, 0.6) is 0 Å². The molecule has 1 aromatic carbocycles. The van der Waals surface area contributed by atoms with Gasteiger partial charge < -0.3 is 19.5 Å². The van der Waals surface area contributed by atoms with Crippen LogP contribution in [0.15, 0.2) is 48.0 Å². The van der Waals surface area contributed by atoms with Gasteiger partial charge in [-0.15, -0.1) is 0 Å². The lowest BCUT2D eigenvalue weighted by molar-refractivity contribution is 0.0527. The summed E-state index contributed by atoms with van der Waals surface area (Å²) >= 11 is 0. The summed E-state index contributed by atoms with van der Waals surface area (Å²) in [6.07, 6.45) is 9.12. The Labute approximate surface area is 186 Å². The van der Waals surface area contributed by atoms with Crippen molar-refractivity contribution in [2.24, 2.45) is 10.9 Å². The van der Waals surface area contributed by atoms with Crippen molar-refractivity contribution in [2.45, 2.75) is 51.5 Å². The smallest absolute Gasteiger partial charge is 0.194 e. The van der Waals surface area contributed by atoms with Gasteiger partial charge >= 0.3 is 0 Å². The molecule has 6 nitrogen and oxygen atoms in total. The van der Waals surface area contributed by atoms with Crippen LogP contribution in [0.1, 0.15) is 50.3 Å². The van der Waals surface area contributed by atoms with E-state index in [0.717, 1.165) is 64.6 Å². The minimum absolute atomic E-state index is 0.0527. The fourth-order valence-electron chi connectivity index (χ4n) is 5.19. The number of piperidine rings is 1. The third kappa shape index (κ3) is 4.79. The average Bonchev–Trinajstić information content (AvgIpc) is 3.33. The highest BCUT2D eigenvalue weighted by molar-refractivity contribution is 5.80. The Balaban J connectivity index is 1.58. The lowest BCUT2D eigenvalue weighted by atomic mass is 9.72. The van der Waals surface area contributed by atoms with Gasteiger partial charge in [-0.05, 0) is 50.2 Å². The van der Waals surface area contributed by atoms with Crippen molar-refractivity contribution in [1.29, 1.82) is 0 Å². The number of benzene rings is 1.